The van der Waals surface area contributed by atoms with Crippen LogP contribution in [0.2, 0.25) is 0 Å². The molecule has 0 amide bonds. The number of hydrogen-bond acceptors (Lipinski definition) is 5. The summed E-state index contributed by atoms with van der Waals surface area (Å²) in [4.78, 5) is 9.78. The average molecular weight is 497 g/mol. The lowest BCUT2D eigenvalue weighted by Crippen LogP contribution is -2.37. The summed E-state index contributed by atoms with van der Waals surface area (Å²) in [5.41, 5.74) is 0. The molecule has 2 atom stereocenters. The van der Waals surface area contributed by atoms with Crippen LogP contribution in [0, 0.1) is 0 Å². The van der Waals surface area contributed by atoms with Gasteiger partial charge in [-0.05, 0) is 6.42 Å². The van der Waals surface area contributed by atoms with Crippen LogP contribution in [-0.2, 0) is 23.1 Å². The molecule has 0 aromatic carbocycles. The van der Waals surface area contributed by atoms with Crippen LogP contribution in [0.5, 0.6) is 0 Å². The van der Waals surface area contributed by atoms with E-state index in [1.54, 1.807) is 7.11 Å². The van der Waals surface area contributed by atoms with Crippen LogP contribution < -0.4 is 0 Å². The standard InChI is InChI=1S/C25H54NO6P/c1-6-7-8-9-10-11-12-13-14-15-16-17-18-19-21-30-23-25(29-5)24-32-33(27,28)31-22-20-26(2,3)4/h25H,6-24H2,1-5H3/p+1/t25-/m1/s1. The second kappa shape index (κ2) is 21.3. The first-order chi connectivity index (χ1) is 15.7. The number of methoxy groups -OCH3 is 1. The first kappa shape index (κ1) is 33.0. The summed E-state index contributed by atoms with van der Waals surface area (Å²) in [6.45, 7) is 4.02. The van der Waals surface area contributed by atoms with Crippen molar-refractivity contribution in [3.05, 3.63) is 0 Å². The van der Waals surface area contributed by atoms with Gasteiger partial charge in [-0.3, -0.25) is 9.05 Å². The Hall–Kier alpha value is -0.0100. The van der Waals surface area contributed by atoms with E-state index in [4.69, 9.17) is 18.5 Å². The molecule has 0 radical (unpaired) electrons. The summed E-state index contributed by atoms with van der Waals surface area (Å²) in [6.07, 6.45) is 18.3. The van der Waals surface area contributed by atoms with Gasteiger partial charge < -0.3 is 18.9 Å². The highest BCUT2D eigenvalue weighted by atomic mass is 31.2. The van der Waals surface area contributed by atoms with Gasteiger partial charge in [0, 0.05) is 13.7 Å². The van der Waals surface area contributed by atoms with Gasteiger partial charge in [-0.1, -0.05) is 90.4 Å². The summed E-state index contributed by atoms with van der Waals surface area (Å²) in [5, 5.41) is 0. The molecule has 0 aliphatic heterocycles. The fourth-order valence-corrected chi connectivity index (χ4v) is 4.18. The zero-order valence-corrected chi connectivity index (χ0v) is 23.3. The second-order valence-electron chi connectivity index (χ2n) is 10.1. The zero-order chi connectivity index (χ0) is 24.8. The van der Waals surface area contributed by atoms with Crippen molar-refractivity contribution in [2.75, 3.05) is 61.2 Å². The maximum Gasteiger partial charge on any atom is 0.472 e. The Balaban J connectivity index is 3.53. The van der Waals surface area contributed by atoms with Gasteiger partial charge in [0.1, 0.15) is 19.3 Å². The Labute approximate surface area is 204 Å². The SMILES string of the molecule is CCCCCCCCCCCCCCCCOC[C@H](COP(=O)(O)OCC[N+](C)(C)C)OC. The molecule has 200 valence electrons. The normalized spacial score (nSPS) is 15.0. The Morgan fingerprint density at radius 1 is 0.727 bits per heavy atom. The molecule has 0 spiro atoms. The number of nitrogens with zero attached hydrogens (tertiary/aromatic N) is 1. The molecule has 1 N–H and O–H groups in total. The van der Waals surface area contributed by atoms with Gasteiger partial charge in [0.2, 0.25) is 0 Å². The van der Waals surface area contributed by atoms with Crippen LogP contribution in [0.25, 0.3) is 0 Å². The molecule has 0 aliphatic rings. The molecule has 0 saturated heterocycles. The summed E-state index contributed by atoms with van der Waals surface area (Å²) >= 11 is 0. The Kier molecular flexibility index (Phi) is 21.3. The van der Waals surface area contributed by atoms with Crippen LogP contribution >= 0.6 is 7.82 Å². The Bertz CT molecular complexity index is 472. The molecule has 0 aromatic heterocycles. The molecule has 0 rings (SSSR count). The molecule has 0 fully saturated rings. The van der Waals surface area contributed by atoms with Gasteiger partial charge in [0.25, 0.3) is 0 Å². The minimum atomic E-state index is -4.07. The van der Waals surface area contributed by atoms with Crippen LogP contribution in [-0.4, -0.2) is 76.7 Å². The van der Waals surface area contributed by atoms with Crippen molar-refractivity contribution in [2.45, 2.75) is 103 Å². The summed E-state index contributed by atoms with van der Waals surface area (Å²) in [7, 11) is 3.45. The van der Waals surface area contributed by atoms with E-state index in [2.05, 4.69) is 6.92 Å². The van der Waals surface area contributed by atoms with Crippen LogP contribution in [0.15, 0.2) is 0 Å². The number of phosphoric acid groups is 1. The van der Waals surface area contributed by atoms with Crippen molar-refractivity contribution in [1.82, 2.24) is 0 Å². The number of hydrogen-bond donors (Lipinski definition) is 1. The van der Waals surface area contributed by atoms with Gasteiger partial charge in [0.05, 0.1) is 34.4 Å². The average Bonchev–Trinajstić information content (AvgIpc) is 2.74. The lowest BCUT2D eigenvalue weighted by molar-refractivity contribution is -0.870. The van der Waals surface area contributed by atoms with E-state index in [9.17, 15) is 9.46 Å². The molecule has 0 aliphatic carbocycles. The van der Waals surface area contributed by atoms with Crippen molar-refractivity contribution >= 4 is 7.82 Å². The molecule has 33 heavy (non-hydrogen) atoms. The Morgan fingerprint density at radius 3 is 1.67 bits per heavy atom. The second-order valence-corrected chi connectivity index (χ2v) is 11.6. The van der Waals surface area contributed by atoms with E-state index in [0.717, 1.165) is 6.42 Å². The Morgan fingerprint density at radius 2 is 1.21 bits per heavy atom. The highest BCUT2D eigenvalue weighted by Crippen LogP contribution is 2.43. The number of quaternary nitrogens is 1. The van der Waals surface area contributed by atoms with Gasteiger partial charge in [-0.2, -0.15) is 0 Å². The highest BCUT2D eigenvalue weighted by Gasteiger charge is 2.24. The maximum atomic E-state index is 12.0. The lowest BCUT2D eigenvalue weighted by Gasteiger charge is -2.24. The smallest absolute Gasteiger partial charge is 0.379 e. The third kappa shape index (κ3) is 24.9. The first-order valence-corrected chi connectivity index (χ1v) is 14.7. The third-order valence-corrected chi connectivity index (χ3v) is 6.70. The van der Waals surface area contributed by atoms with Crippen molar-refractivity contribution in [3.63, 3.8) is 0 Å². The quantitative estimate of drug-likeness (QED) is 0.0903. The summed E-state index contributed by atoms with van der Waals surface area (Å²) < 4.78 is 33.6. The molecular weight excluding hydrogens is 441 g/mol. The van der Waals surface area contributed by atoms with Gasteiger partial charge in [-0.25, -0.2) is 4.57 Å². The van der Waals surface area contributed by atoms with Crippen LogP contribution in [0.3, 0.4) is 0 Å². The number of rotatable bonds is 25. The van der Waals surface area contributed by atoms with Crippen molar-refractivity contribution in [3.8, 4) is 0 Å². The van der Waals surface area contributed by atoms with E-state index < -0.39 is 7.82 Å². The molecule has 0 bridgehead atoms. The lowest BCUT2D eigenvalue weighted by atomic mass is 10.0. The van der Waals surface area contributed by atoms with Crippen molar-refractivity contribution in [2.24, 2.45) is 0 Å². The summed E-state index contributed by atoms with van der Waals surface area (Å²) in [6, 6.07) is 0. The predicted molar refractivity (Wildman–Crippen MR) is 137 cm³/mol. The summed E-state index contributed by atoms with van der Waals surface area (Å²) in [5.74, 6) is 0. The number of unbranched alkanes of at least 4 members (excludes halogenated alkanes) is 13. The van der Waals surface area contributed by atoms with E-state index in [1.165, 1.54) is 83.5 Å². The van der Waals surface area contributed by atoms with E-state index in [-0.39, 0.29) is 19.3 Å². The fourth-order valence-electron chi connectivity index (χ4n) is 3.44. The topological polar surface area (TPSA) is 74.2 Å². The highest BCUT2D eigenvalue weighted by molar-refractivity contribution is 7.47. The van der Waals surface area contributed by atoms with Crippen molar-refractivity contribution in [1.29, 1.82) is 0 Å². The fraction of sp³-hybridized carbons (Fsp3) is 1.00. The zero-order valence-electron chi connectivity index (χ0n) is 22.4. The van der Waals surface area contributed by atoms with E-state index in [0.29, 0.717) is 24.2 Å². The monoisotopic (exact) mass is 496 g/mol. The largest absolute Gasteiger partial charge is 0.472 e. The molecule has 1 unspecified atom stereocenters. The minimum absolute atomic E-state index is 0.0343. The number of ether oxygens (including phenoxy) is 2. The van der Waals surface area contributed by atoms with E-state index >= 15 is 0 Å². The molecule has 0 aromatic rings. The number of phosphoric ester groups is 1. The third-order valence-electron chi connectivity index (χ3n) is 5.72. The minimum Gasteiger partial charge on any atom is -0.379 e. The van der Waals surface area contributed by atoms with Gasteiger partial charge >= 0.3 is 7.82 Å². The van der Waals surface area contributed by atoms with Crippen LogP contribution in [0.4, 0.5) is 0 Å². The molecule has 0 heterocycles. The molecule has 8 heteroatoms. The first-order valence-electron chi connectivity index (χ1n) is 13.2. The van der Waals surface area contributed by atoms with Crippen molar-refractivity contribution < 1.29 is 32.5 Å². The van der Waals surface area contributed by atoms with Gasteiger partial charge in [0.15, 0.2) is 0 Å². The molecule has 7 nitrogen and oxygen atoms in total. The molecular formula is C25H55NO6P+. The molecule has 0 saturated carbocycles. The van der Waals surface area contributed by atoms with Gasteiger partial charge in [-0.15, -0.1) is 0 Å². The maximum absolute atomic E-state index is 12.0. The van der Waals surface area contributed by atoms with E-state index in [1.807, 2.05) is 21.1 Å². The van der Waals surface area contributed by atoms with Crippen LogP contribution in [0.1, 0.15) is 96.8 Å². The predicted octanol–water partition coefficient (Wildman–Crippen LogP) is 6.34. The number of likely N-dealkylation sites (N-methyl/N-ethyl adjacent to an activating group) is 1.